The number of rotatable bonds is 30. The number of aromatic nitrogens is 2. The molecule has 0 spiro atoms. The second kappa shape index (κ2) is 28.4. The van der Waals surface area contributed by atoms with E-state index in [0.717, 1.165) is 0 Å². The molecule has 0 fully saturated rings. The lowest BCUT2D eigenvalue weighted by Crippen LogP contribution is -2.62. The van der Waals surface area contributed by atoms with Crippen molar-refractivity contribution in [2.45, 2.75) is 113 Å². The van der Waals surface area contributed by atoms with Crippen LogP contribution in [-0.4, -0.2) is 153 Å². The maximum atomic E-state index is 13.6. The molecule has 0 bridgehead atoms. The highest BCUT2D eigenvalue weighted by atomic mass is 32.1. The van der Waals surface area contributed by atoms with Gasteiger partial charge in [-0.3, -0.25) is 33.8 Å². The summed E-state index contributed by atoms with van der Waals surface area (Å²) in [6, 6.07) is -9.74. The first-order valence-electron chi connectivity index (χ1n) is 19.1. The summed E-state index contributed by atoms with van der Waals surface area (Å²) in [6.07, 6.45) is 3.61. The van der Waals surface area contributed by atoms with Crippen LogP contribution < -0.4 is 60.6 Å². The zero-order valence-corrected chi connectivity index (χ0v) is 34.0. The van der Waals surface area contributed by atoms with Crippen molar-refractivity contribution < 1.29 is 48.9 Å². The third kappa shape index (κ3) is 20.0. The maximum absolute atomic E-state index is 13.6. The van der Waals surface area contributed by atoms with E-state index in [4.69, 9.17) is 28.7 Å². The first-order chi connectivity index (χ1) is 28.0. The Labute approximate surface area is 347 Å². The number of carboxylic acids is 1. The molecule has 334 valence electrons. The molecule has 0 radical (unpaired) electrons. The summed E-state index contributed by atoms with van der Waals surface area (Å²) in [5, 5.41) is 44.5. The Morgan fingerprint density at radius 2 is 1.27 bits per heavy atom. The predicted octanol–water partition coefficient (Wildman–Crippen LogP) is -6.11. The molecule has 8 atom stereocenters. The van der Waals surface area contributed by atoms with Crippen molar-refractivity contribution in [1.29, 1.82) is 0 Å². The fourth-order valence-corrected chi connectivity index (χ4v) is 5.65. The number of nitrogens with one attached hydrogen (secondary N) is 7. The van der Waals surface area contributed by atoms with Crippen molar-refractivity contribution in [2.24, 2.45) is 33.7 Å². The Hall–Kier alpha value is -5.08. The molecule has 0 unspecified atom stereocenters. The van der Waals surface area contributed by atoms with Crippen LogP contribution in [0.1, 0.15) is 64.0 Å². The highest BCUT2D eigenvalue weighted by molar-refractivity contribution is 7.80. The van der Waals surface area contributed by atoms with Gasteiger partial charge >= 0.3 is 5.97 Å². The highest BCUT2D eigenvalue weighted by Crippen LogP contribution is 2.07. The average Bonchev–Trinajstić information content (AvgIpc) is 3.71. The van der Waals surface area contributed by atoms with Crippen molar-refractivity contribution in [3.63, 3.8) is 0 Å². The number of nitrogens with two attached hydrogens (primary N) is 5. The third-order valence-electron chi connectivity index (χ3n) is 8.75. The van der Waals surface area contributed by atoms with E-state index >= 15 is 0 Å². The molecule has 0 saturated heterocycles. The molecular weight excluding hydrogens is 797 g/mol. The number of unbranched alkanes of at least 4 members (excludes halogenated alkanes) is 2. The van der Waals surface area contributed by atoms with Gasteiger partial charge in [0.1, 0.15) is 36.3 Å². The number of thiol groups is 1. The minimum Gasteiger partial charge on any atom is -0.480 e. The summed E-state index contributed by atoms with van der Waals surface area (Å²) in [6.45, 7) is 1.06. The number of imidazole rings is 1. The minimum atomic E-state index is -1.67. The first-order valence-corrected chi connectivity index (χ1v) is 19.8. The number of carbonyl (C=O) groups excluding carboxylic acids is 6. The number of aliphatic hydroxyl groups excluding tert-OH is 2. The molecule has 1 aromatic heterocycles. The maximum Gasteiger partial charge on any atom is 0.326 e. The normalized spacial score (nSPS) is 15.1. The van der Waals surface area contributed by atoms with Gasteiger partial charge in [-0.1, -0.05) is 6.42 Å². The quantitative estimate of drug-likeness (QED) is 0.0148. The number of nitrogens with zero attached hydrogens (tertiary/aromatic N) is 2. The van der Waals surface area contributed by atoms with E-state index in [9.17, 15) is 48.9 Å². The summed E-state index contributed by atoms with van der Waals surface area (Å²) in [5.74, 6) is -7.33. The summed E-state index contributed by atoms with van der Waals surface area (Å²) in [7, 11) is 0. The van der Waals surface area contributed by atoms with Crippen LogP contribution in [0.2, 0.25) is 0 Å². The standard InChI is InChI=1S/C34H62N14O10S/c1-18(50)26(48-27(51)20(37)7-2-4-10-35)32(56)45-23(13-19-14-40-17-42-19)29(53)47-25(16-59)31(55)46-24(15-49)30(54)43-21(9-6-12-41-34(38)39)28(52)44-22(33(57)58)8-3-5-11-36/h14,17-18,20-26,49-50,59H,2-13,15-16,35-37H2,1H3,(H,40,42)(H,43,54)(H,44,52)(H,45,56)(H,46,55)(H,47,53)(H,48,51)(H,57,58)(H4,38,39,41)/t18-,20+,21+,22+,23+,24+,25+,26+/m1/s1. The number of hydrogen-bond acceptors (Lipinski definition) is 15. The van der Waals surface area contributed by atoms with E-state index in [-0.39, 0.29) is 50.4 Å². The molecule has 0 aliphatic rings. The second-order valence-electron chi connectivity index (χ2n) is 13.6. The summed E-state index contributed by atoms with van der Waals surface area (Å²) in [4.78, 5) is 102. The van der Waals surface area contributed by atoms with Gasteiger partial charge in [0.25, 0.3) is 0 Å². The topological polar surface area (TPSA) is 423 Å². The van der Waals surface area contributed by atoms with Crippen molar-refractivity contribution >= 4 is 60.0 Å². The largest absolute Gasteiger partial charge is 0.480 e. The van der Waals surface area contributed by atoms with Crippen molar-refractivity contribution in [2.75, 3.05) is 32.0 Å². The van der Waals surface area contributed by atoms with Crippen LogP contribution in [0.5, 0.6) is 0 Å². The van der Waals surface area contributed by atoms with Gasteiger partial charge in [-0.05, 0) is 65.0 Å². The molecule has 1 aromatic rings. The van der Waals surface area contributed by atoms with Gasteiger partial charge in [-0.2, -0.15) is 12.6 Å². The van der Waals surface area contributed by atoms with Crippen LogP contribution >= 0.6 is 12.6 Å². The van der Waals surface area contributed by atoms with Gasteiger partial charge < -0.3 is 80.9 Å². The Morgan fingerprint density at radius 1 is 0.746 bits per heavy atom. The number of H-pyrrole nitrogens is 1. The molecule has 1 heterocycles. The number of amides is 6. The predicted molar refractivity (Wildman–Crippen MR) is 218 cm³/mol. The van der Waals surface area contributed by atoms with E-state index in [1.54, 1.807) is 0 Å². The summed E-state index contributed by atoms with van der Waals surface area (Å²) in [5.41, 5.74) is 28.0. The van der Waals surface area contributed by atoms with Crippen LogP contribution in [0.15, 0.2) is 17.5 Å². The summed E-state index contributed by atoms with van der Waals surface area (Å²) >= 11 is 4.15. The van der Waals surface area contributed by atoms with Gasteiger partial charge in [0.15, 0.2) is 5.96 Å². The van der Waals surface area contributed by atoms with E-state index < -0.39 is 96.4 Å². The number of aliphatic hydroxyl groups is 2. The zero-order valence-electron chi connectivity index (χ0n) is 33.1. The minimum absolute atomic E-state index is 0.0598. The van der Waals surface area contributed by atoms with Gasteiger partial charge in [-0.15, -0.1) is 0 Å². The van der Waals surface area contributed by atoms with Crippen LogP contribution in [0.4, 0.5) is 0 Å². The lowest BCUT2D eigenvalue weighted by atomic mass is 10.1. The number of carboxylic acid groups (broad SMARTS) is 1. The fourth-order valence-electron chi connectivity index (χ4n) is 5.39. The number of hydrogen-bond donors (Lipinski definition) is 16. The Kier molecular flexibility index (Phi) is 25.0. The third-order valence-corrected chi connectivity index (χ3v) is 9.12. The molecule has 24 nitrogen and oxygen atoms in total. The smallest absolute Gasteiger partial charge is 0.326 e. The Balaban J connectivity index is 3.16. The molecule has 1 rings (SSSR count). The molecule has 0 aliphatic carbocycles. The Morgan fingerprint density at radius 3 is 1.81 bits per heavy atom. The van der Waals surface area contributed by atoms with E-state index in [2.05, 4.69) is 59.5 Å². The zero-order chi connectivity index (χ0) is 44.5. The van der Waals surface area contributed by atoms with Crippen LogP contribution in [0.3, 0.4) is 0 Å². The van der Waals surface area contributed by atoms with Crippen LogP contribution in [0.25, 0.3) is 0 Å². The van der Waals surface area contributed by atoms with Gasteiger partial charge in [-0.25, -0.2) is 9.78 Å². The van der Waals surface area contributed by atoms with Crippen molar-refractivity contribution in [1.82, 2.24) is 41.9 Å². The first kappa shape index (κ1) is 51.9. The monoisotopic (exact) mass is 858 g/mol. The lowest BCUT2D eigenvalue weighted by Gasteiger charge is -2.27. The summed E-state index contributed by atoms with van der Waals surface area (Å²) < 4.78 is 0. The van der Waals surface area contributed by atoms with Crippen molar-refractivity contribution in [3.05, 3.63) is 18.2 Å². The van der Waals surface area contributed by atoms with Gasteiger partial charge in [0.2, 0.25) is 35.4 Å². The molecule has 0 aliphatic heterocycles. The van der Waals surface area contributed by atoms with E-state index in [0.29, 0.717) is 44.5 Å². The van der Waals surface area contributed by atoms with Crippen LogP contribution in [0, 0.1) is 0 Å². The van der Waals surface area contributed by atoms with Crippen molar-refractivity contribution in [3.8, 4) is 0 Å². The SMILES string of the molecule is C[C@@H](O)[C@H](NC(=O)[C@@H](N)CCCCN)C(=O)N[C@@H](Cc1cnc[nH]1)C(=O)N[C@@H](CS)C(=O)N[C@@H](CO)C(=O)N[C@@H](CCCN=C(N)N)C(=O)N[C@@H](CCCCN)C(=O)O. The lowest BCUT2D eigenvalue weighted by molar-refractivity contribution is -0.142. The van der Waals surface area contributed by atoms with E-state index in [1.165, 1.54) is 19.4 Å². The molecule has 59 heavy (non-hydrogen) atoms. The molecule has 20 N–H and O–H groups in total. The van der Waals surface area contributed by atoms with Gasteiger partial charge in [0, 0.05) is 30.6 Å². The molecule has 6 amide bonds. The number of aliphatic imine (C=N–C) groups is 1. The number of aromatic amines is 1. The number of guanidine groups is 1. The average molecular weight is 859 g/mol. The number of carbonyl (C=O) groups is 7. The number of aliphatic carboxylic acids is 1. The molecular formula is C34H62N14O10S. The fraction of sp³-hybridized carbons (Fsp3) is 0.676. The second-order valence-corrected chi connectivity index (χ2v) is 14.0. The molecule has 0 saturated carbocycles. The highest BCUT2D eigenvalue weighted by Gasteiger charge is 2.34. The van der Waals surface area contributed by atoms with E-state index in [1.807, 2.05) is 0 Å². The van der Waals surface area contributed by atoms with Gasteiger partial charge in [0.05, 0.1) is 25.1 Å². The van der Waals surface area contributed by atoms with Crippen LogP contribution in [-0.2, 0) is 40.0 Å². The molecule has 25 heteroatoms. The molecule has 0 aromatic carbocycles. The Bertz CT molecular complexity index is 1520.